The highest BCUT2D eigenvalue weighted by Crippen LogP contribution is 2.34. The lowest BCUT2D eigenvalue weighted by molar-refractivity contribution is -0.121. The van der Waals surface area contributed by atoms with Gasteiger partial charge in [-0.25, -0.2) is 9.37 Å². The molecule has 7 nitrogen and oxygen atoms in total. The summed E-state index contributed by atoms with van der Waals surface area (Å²) < 4.78 is 24.3. The first kappa shape index (κ1) is 21.2. The Morgan fingerprint density at radius 1 is 1.19 bits per heavy atom. The fourth-order valence-electron chi connectivity index (χ4n) is 3.65. The fraction of sp³-hybridized carbons (Fsp3) is 0.318. The zero-order valence-corrected chi connectivity index (χ0v) is 17.5. The maximum absolute atomic E-state index is 13.8. The zero-order valence-electron chi connectivity index (χ0n) is 16.7. The number of thiazole rings is 1. The van der Waals surface area contributed by atoms with Crippen molar-refractivity contribution in [1.29, 1.82) is 0 Å². The Labute approximate surface area is 182 Å². The van der Waals surface area contributed by atoms with E-state index in [9.17, 15) is 14.0 Å². The quantitative estimate of drug-likeness (QED) is 0.583. The van der Waals surface area contributed by atoms with Gasteiger partial charge in [0, 0.05) is 30.6 Å². The van der Waals surface area contributed by atoms with E-state index in [1.165, 1.54) is 29.7 Å². The maximum atomic E-state index is 13.8. The molecule has 31 heavy (non-hydrogen) atoms. The molecule has 9 heteroatoms. The number of ether oxygens (including phenoxy) is 1. The van der Waals surface area contributed by atoms with E-state index in [1.54, 1.807) is 23.6 Å². The van der Waals surface area contributed by atoms with Gasteiger partial charge in [-0.1, -0.05) is 12.1 Å². The van der Waals surface area contributed by atoms with E-state index in [1.807, 2.05) is 6.07 Å². The van der Waals surface area contributed by atoms with E-state index < -0.39 is 5.91 Å². The Balaban J connectivity index is 1.36. The van der Waals surface area contributed by atoms with Crippen molar-refractivity contribution in [3.63, 3.8) is 0 Å². The van der Waals surface area contributed by atoms with Crippen LogP contribution in [-0.4, -0.2) is 36.6 Å². The van der Waals surface area contributed by atoms with Crippen LogP contribution in [0.15, 0.2) is 52.5 Å². The molecule has 3 heterocycles. The van der Waals surface area contributed by atoms with Gasteiger partial charge in [0.15, 0.2) is 10.9 Å². The first-order chi connectivity index (χ1) is 15.0. The summed E-state index contributed by atoms with van der Waals surface area (Å²) in [7, 11) is 0. The maximum Gasteiger partial charge on any atom is 0.293 e. The number of hydrogen-bond donors (Lipinski definition) is 2. The minimum absolute atomic E-state index is 0.0862. The summed E-state index contributed by atoms with van der Waals surface area (Å²) >= 11 is 1.24. The van der Waals surface area contributed by atoms with Crippen molar-refractivity contribution < 1.29 is 23.1 Å². The van der Waals surface area contributed by atoms with Crippen LogP contribution in [0.5, 0.6) is 0 Å². The Hall–Kier alpha value is -3.04. The van der Waals surface area contributed by atoms with Gasteiger partial charge in [0.05, 0.1) is 18.4 Å². The summed E-state index contributed by atoms with van der Waals surface area (Å²) in [6.07, 6.45) is 2.91. The summed E-state index contributed by atoms with van der Waals surface area (Å²) in [5.74, 6) is -0.682. The highest BCUT2D eigenvalue weighted by atomic mass is 32.1. The minimum atomic E-state index is -0.396. The number of nitrogens with one attached hydrogen (secondary N) is 2. The van der Waals surface area contributed by atoms with E-state index >= 15 is 0 Å². The first-order valence-corrected chi connectivity index (χ1v) is 10.8. The highest BCUT2D eigenvalue weighted by molar-refractivity contribution is 7.14. The van der Waals surface area contributed by atoms with Gasteiger partial charge in [0.1, 0.15) is 5.82 Å². The van der Waals surface area contributed by atoms with E-state index in [0.717, 1.165) is 5.56 Å². The molecule has 0 unspecified atom stereocenters. The van der Waals surface area contributed by atoms with Gasteiger partial charge in [-0.3, -0.25) is 14.9 Å². The SMILES string of the molecule is O=C(Cc1csc(NC(=O)c2ccco2)n1)NCC1(c2cccc(F)c2)CCOCC1. The van der Waals surface area contributed by atoms with Gasteiger partial charge < -0.3 is 14.5 Å². The number of anilines is 1. The Morgan fingerprint density at radius 2 is 2.03 bits per heavy atom. The van der Waals surface area contributed by atoms with Crippen molar-refractivity contribution in [2.24, 2.45) is 0 Å². The lowest BCUT2D eigenvalue weighted by atomic mass is 9.74. The van der Waals surface area contributed by atoms with Crippen molar-refractivity contribution in [3.05, 3.63) is 70.9 Å². The van der Waals surface area contributed by atoms with Crippen LogP contribution in [0.4, 0.5) is 9.52 Å². The smallest absolute Gasteiger partial charge is 0.293 e. The lowest BCUT2D eigenvalue weighted by Crippen LogP contribution is -2.45. The third kappa shape index (κ3) is 5.18. The van der Waals surface area contributed by atoms with Gasteiger partial charge >= 0.3 is 0 Å². The number of benzene rings is 1. The molecule has 1 aliphatic rings. The minimum Gasteiger partial charge on any atom is -0.459 e. The van der Waals surface area contributed by atoms with Crippen LogP contribution in [0.3, 0.4) is 0 Å². The first-order valence-electron chi connectivity index (χ1n) is 9.94. The van der Waals surface area contributed by atoms with E-state index in [-0.39, 0.29) is 29.3 Å². The topological polar surface area (TPSA) is 93.5 Å². The second-order valence-electron chi connectivity index (χ2n) is 7.43. The number of carbonyl (C=O) groups excluding carboxylic acids is 2. The standard InChI is InChI=1S/C22H22FN3O4S/c23-16-4-1-3-15(11-16)22(6-9-29-10-7-22)14-24-19(27)12-17-13-31-21(25-17)26-20(28)18-5-2-8-30-18/h1-5,8,11,13H,6-7,9-10,12,14H2,(H,24,27)(H,25,26,28). The number of furan rings is 1. The van der Waals surface area contributed by atoms with Crippen LogP contribution in [-0.2, 0) is 21.4 Å². The molecule has 0 bridgehead atoms. The van der Waals surface area contributed by atoms with Crippen LogP contribution in [0.25, 0.3) is 0 Å². The average molecular weight is 444 g/mol. The molecule has 0 spiro atoms. The largest absolute Gasteiger partial charge is 0.459 e. The summed E-state index contributed by atoms with van der Waals surface area (Å²) in [5, 5.41) is 7.75. The number of rotatable bonds is 7. The van der Waals surface area contributed by atoms with Crippen molar-refractivity contribution in [2.45, 2.75) is 24.7 Å². The number of halogens is 1. The van der Waals surface area contributed by atoms with Crippen LogP contribution in [0.1, 0.15) is 34.7 Å². The number of aromatic nitrogens is 1. The molecule has 2 amide bonds. The summed E-state index contributed by atoms with van der Waals surface area (Å²) in [4.78, 5) is 28.9. The van der Waals surface area contributed by atoms with E-state index in [4.69, 9.17) is 9.15 Å². The van der Waals surface area contributed by atoms with Gasteiger partial charge in [-0.05, 0) is 42.7 Å². The molecule has 4 rings (SSSR count). The third-order valence-corrected chi connectivity index (χ3v) is 6.18. The second kappa shape index (κ2) is 9.40. The van der Waals surface area contributed by atoms with Crippen molar-refractivity contribution >= 4 is 28.3 Å². The molecule has 1 aromatic carbocycles. The van der Waals surface area contributed by atoms with E-state index in [2.05, 4.69) is 15.6 Å². The number of hydrogen-bond acceptors (Lipinski definition) is 6. The van der Waals surface area contributed by atoms with Crippen LogP contribution < -0.4 is 10.6 Å². The van der Waals surface area contributed by atoms with Crippen molar-refractivity contribution in [2.75, 3.05) is 25.1 Å². The van der Waals surface area contributed by atoms with Crippen LogP contribution in [0, 0.1) is 5.82 Å². The molecular weight excluding hydrogens is 421 g/mol. The Kier molecular flexibility index (Phi) is 6.43. The Bertz CT molecular complexity index is 1040. The predicted octanol–water partition coefficient (Wildman–Crippen LogP) is 3.53. The summed E-state index contributed by atoms with van der Waals surface area (Å²) in [6, 6.07) is 9.72. The van der Waals surface area contributed by atoms with Crippen LogP contribution in [0.2, 0.25) is 0 Å². The molecule has 0 saturated carbocycles. The van der Waals surface area contributed by atoms with Gasteiger partial charge in [-0.2, -0.15) is 0 Å². The van der Waals surface area contributed by atoms with Crippen molar-refractivity contribution in [3.8, 4) is 0 Å². The number of nitrogens with zero attached hydrogens (tertiary/aromatic N) is 1. The molecule has 1 saturated heterocycles. The van der Waals surface area contributed by atoms with Gasteiger partial charge in [0.2, 0.25) is 5.91 Å². The molecule has 2 N–H and O–H groups in total. The third-order valence-electron chi connectivity index (χ3n) is 5.37. The molecule has 0 radical (unpaired) electrons. The molecule has 0 aliphatic carbocycles. The molecular formula is C22H22FN3O4S. The lowest BCUT2D eigenvalue weighted by Gasteiger charge is -2.38. The number of amides is 2. The molecule has 1 aliphatic heterocycles. The normalized spacial score (nSPS) is 15.4. The van der Waals surface area contributed by atoms with Crippen LogP contribution >= 0.6 is 11.3 Å². The van der Waals surface area contributed by atoms with Gasteiger partial charge in [0.25, 0.3) is 5.91 Å². The average Bonchev–Trinajstić information content (AvgIpc) is 3.45. The van der Waals surface area contributed by atoms with E-state index in [0.29, 0.717) is 43.4 Å². The molecule has 1 fully saturated rings. The summed E-state index contributed by atoms with van der Waals surface area (Å²) in [6.45, 7) is 1.53. The highest BCUT2D eigenvalue weighted by Gasteiger charge is 2.35. The molecule has 2 aromatic heterocycles. The molecule has 162 valence electrons. The predicted molar refractivity (Wildman–Crippen MR) is 114 cm³/mol. The Morgan fingerprint density at radius 3 is 2.77 bits per heavy atom. The zero-order chi connectivity index (χ0) is 21.7. The van der Waals surface area contributed by atoms with Gasteiger partial charge in [-0.15, -0.1) is 11.3 Å². The van der Waals surface area contributed by atoms with Crippen molar-refractivity contribution in [1.82, 2.24) is 10.3 Å². The number of carbonyl (C=O) groups is 2. The molecule has 0 atom stereocenters. The second-order valence-corrected chi connectivity index (χ2v) is 8.29. The summed E-state index contributed by atoms with van der Waals surface area (Å²) in [5.41, 5.74) is 1.07. The monoisotopic (exact) mass is 443 g/mol. The fourth-order valence-corrected chi connectivity index (χ4v) is 4.36. The molecule has 3 aromatic rings.